The standard InChI is InChI=1S/C12H23N3O4/c1-15(2)12(5-3-4-6-12)8-13-11(19)14-9(7-16)10(17)18/h9,16H,3-8H2,1-2H3,(H,17,18)(H2,13,14,19)/t9-/m0/s1. The summed E-state index contributed by atoms with van der Waals surface area (Å²) >= 11 is 0. The molecule has 2 amide bonds. The Hall–Kier alpha value is -1.34. The van der Waals surface area contributed by atoms with Gasteiger partial charge in [-0.25, -0.2) is 9.59 Å². The summed E-state index contributed by atoms with van der Waals surface area (Å²) < 4.78 is 0. The van der Waals surface area contributed by atoms with Gasteiger partial charge in [-0.05, 0) is 26.9 Å². The van der Waals surface area contributed by atoms with Gasteiger partial charge in [-0.2, -0.15) is 0 Å². The van der Waals surface area contributed by atoms with Crippen molar-refractivity contribution in [1.29, 1.82) is 0 Å². The SMILES string of the molecule is CN(C)C1(CNC(=O)N[C@@H](CO)C(=O)O)CCCC1. The van der Waals surface area contributed by atoms with Crippen molar-refractivity contribution in [2.75, 3.05) is 27.2 Å². The number of carbonyl (C=O) groups excluding carboxylic acids is 1. The highest BCUT2D eigenvalue weighted by Gasteiger charge is 2.36. The van der Waals surface area contributed by atoms with Crippen molar-refractivity contribution in [3.63, 3.8) is 0 Å². The van der Waals surface area contributed by atoms with Crippen LogP contribution in [-0.4, -0.2) is 65.9 Å². The number of aliphatic hydroxyl groups is 1. The summed E-state index contributed by atoms with van der Waals surface area (Å²) in [6, 6.07) is -1.83. The van der Waals surface area contributed by atoms with E-state index in [-0.39, 0.29) is 5.54 Å². The first kappa shape index (κ1) is 15.7. The predicted octanol–water partition coefficient (Wildman–Crippen LogP) is -0.394. The number of carboxylic acid groups (broad SMARTS) is 1. The lowest BCUT2D eigenvalue weighted by Gasteiger charge is -2.36. The number of carbonyl (C=O) groups is 2. The van der Waals surface area contributed by atoms with E-state index in [1.807, 2.05) is 14.1 Å². The molecule has 1 atom stereocenters. The molecule has 0 bridgehead atoms. The van der Waals surface area contributed by atoms with Gasteiger partial charge >= 0.3 is 12.0 Å². The van der Waals surface area contributed by atoms with E-state index >= 15 is 0 Å². The number of carboxylic acids is 1. The molecule has 0 unspecified atom stereocenters. The molecule has 1 aliphatic rings. The van der Waals surface area contributed by atoms with Gasteiger partial charge in [0.15, 0.2) is 6.04 Å². The van der Waals surface area contributed by atoms with Crippen molar-refractivity contribution in [2.24, 2.45) is 0 Å². The van der Waals surface area contributed by atoms with Crippen LogP contribution in [0.3, 0.4) is 0 Å². The lowest BCUT2D eigenvalue weighted by atomic mass is 9.96. The fourth-order valence-electron chi connectivity index (χ4n) is 2.45. The largest absolute Gasteiger partial charge is 0.480 e. The molecule has 0 saturated heterocycles. The van der Waals surface area contributed by atoms with E-state index in [0.717, 1.165) is 25.7 Å². The highest BCUT2D eigenvalue weighted by Crippen LogP contribution is 2.32. The van der Waals surface area contributed by atoms with E-state index in [0.29, 0.717) is 6.54 Å². The third-order valence-corrected chi connectivity index (χ3v) is 3.85. The number of hydrogen-bond acceptors (Lipinski definition) is 4. The number of nitrogens with zero attached hydrogens (tertiary/aromatic N) is 1. The lowest BCUT2D eigenvalue weighted by Crippen LogP contribution is -2.55. The summed E-state index contributed by atoms with van der Waals surface area (Å²) in [6.07, 6.45) is 4.30. The van der Waals surface area contributed by atoms with Gasteiger partial charge < -0.3 is 25.7 Å². The summed E-state index contributed by atoms with van der Waals surface area (Å²) in [5, 5.41) is 22.5. The molecule has 4 N–H and O–H groups in total. The zero-order valence-corrected chi connectivity index (χ0v) is 11.5. The van der Waals surface area contributed by atoms with Gasteiger partial charge in [0.05, 0.1) is 6.61 Å². The van der Waals surface area contributed by atoms with Crippen LogP contribution in [0.2, 0.25) is 0 Å². The highest BCUT2D eigenvalue weighted by molar-refractivity contribution is 5.82. The van der Waals surface area contributed by atoms with Crippen LogP contribution in [0.5, 0.6) is 0 Å². The van der Waals surface area contributed by atoms with Crippen molar-refractivity contribution in [3.05, 3.63) is 0 Å². The number of amides is 2. The molecule has 110 valence electrons. The van der Waals surface area contributed by atoms with Crippen molar-refractivity contribution in [1.82, 2.24) is 15.5 Å². The Bertz CT molecular complexity index is 327. The molecule has 0 aromatic heterocycles. The van der Waals surface area contributed by atoms with Crippen LogP contribution >= 0.6 is 0 Å². The number of urea groups is 1. The Balaban J connectivity index is 2.46. The van der Waals surface area contributed by atoms with E-state index in [1.165, 1.54) is 0 Å². The molecule has 19 heavy (non-hydrogen) atoms. The minimum Gasteiger partial charge on any atom is -0.480 e. The van der Waals surface area contributed by atoms with Gasteiger partial charge in [-0.1, -0.05) is 12.8 Å². The van der Waals surface area contributed by atoms with E-state index < -0.39 is 24.6 Å². The molecule has 0 aromatic carbocycles. The van der Waals surface area contributed by atoms with Crippen molar-refractivity contribution < 1.29 is 19.8 Å². The topological polar surface area (TPSA) is 102 Å². The summed E-state index contributed by atoms with van der Waals surface area (Å²) in [5.74, 6) is -1.25. The Kier molecular flexibility index (Phi) is 5.56. The van der Waals surface area contributed by atoms with E-state index in [2.05, 4.69) is 15.5 Å². The van der Waals surface area contributed by atoms with Crippen molar-refractivity contribution in [3.8, 4) is 0 Å². The van der Waals surface area contributed by atoms with Crippen LogP contribution in [0.15, 0.2) is 0 Å². The van der Waals surface area contributed by atoms with Gasteiger partial charge in [0.2, 0.25) is 0 Å². The van der Waals surface area contributed by atoms with Crippen LogP contribution in [0.4, 0.5) is 4.79 Å². The first-order chi connectivity index (χ1) is 8.91. The molecule has 7 heteroatoms. The molecule has 0 radical (unpaired) electrons. The quantitative estimate of drug-likeness (QED) is 0.528. The molecule has 1 fully saturated rings. The van der Waals surface area contributed by atoms with Gasteiger partial charge in [-0.15, -0.1) is 0 Å². The third kappa shape index (κ3) is 4.07. The first-order valence-corrected chi connectivity index (χ1v) is 6.47. The second-order valence-electron chi connectivity index (χ2n) is 5.23. The van der Waals surface area contributed by atoms with Gasteiger partial charge in [0.1, 0.15) is 0 Å². The summed E-state index contributed by atoms with van der Waals surface area (Å²) in [4.78, 5) is 24.4. The smallest absolute Gasteiger partial charge is 0.328 e. The minimum atomic E-state index is -1.26. The molecular weight excluding hydrogens is 250 g/mol. The van der Waals surface area contributed by atoms with E-state index in [4.69, 9.17) is 10.2 Å². The monoisotopic (exact) mass is 273 g/mol. The molecule has 0 aromatic rings. The average molecular weight is 273 g/mol. The van der Waals surface area contributed by atoms with Crippen LogP contribution in [0.1, 0.15) is 25.7 Å². The maximum atomic E-state index is 11.6. The predicted molar refractivity (Wildman–Crippen MR) is 69.9 cm³/mol. The highest BCUT2D eigenvalue weighted by atomic mass is 16.4. The zero-order chi connectivity index (χ0) is 14.5. The number of nitrogens with one attached hydrogen (secondary N) is 2. The number of likely N-dealkylation sites (N-methyl/N-ethyl adjacent to an activating group) is 1. The second kappa shape index (κ2) is 6.72. The van der Waals surface area contributed by atoms with E-state index in [9.17, 15) is 9.59 Å². The molecule has 0 spiro atoms. The summed E-state index contributed by atoms with van der Waals surface area (Å²) in [7, 11) is 3.97. The molecule has 1 saturated carbocycles. The molecule has 0 heterocycles. The fraction of sp³-hybridized carbons (Fsp3) is 0.833. The second-order valence-corrected chi connectivity index (χ2v) is 5.23. The fourth-order valence-corrected chi connectivity index (χ4v) is 2.45. The summed E-state index contributed by atoms with van der Waals surface area (Å²) in [5.41, 5.74) is -0.0464. The number of rotatable bonds is 6. The number of aliphatic hydroxyl groups excluding tert-OH is 1. The van der Waals surface area contributed by atoms with Gasteiger partial charge in [-0.3, -0.25) is 0 Å². The minimum absolute atomic E-state index is 0.0464. The number of aliphatic carboxylic acids is 1. The summed E-state index contributed by atoms with van der Waals surface area (Å²) in [6.45, 7) is -0.148. The molecule has 1 rings (SSSR count). The van der Waals surface area contributed by atoms with Crippen LogP contribution in [-0.2, 0) is 4.79 Å². The van der Waals surface area contributed by atoms with Crippen molar-refractivity contribution >= 4 is 12.0 Å². The zero-order valence-electron chi connectivity index (χ0n) is 11.5. The van der Waals surface area contributed by atoms with Crippen LogP contribution in [0, 0.1) is 0 Å². The van der Waals surface area contributed by atoms with E-state index in [1.54, 1.807) is 0 Å². The Morgan fingerprint density at radius 2 is 1.89 bits per heavy atom. The third-order valence-electron chi connectivity index (χ3n) is 3.85. The molecular formula is C12H23N3O4. The van der Waals surface area contributed by atoms with Crippen LogP contribution in [0.25, 0.3) is 0 Å². The Labute approximate surface area is 113 Å². The van der Waals surface area contributed by atoms with Crippen molar-refractivity contribution in [2.45, 2.75) is 37.3 Å². The first-order valence-electron chi connectivity index (χ1n) is 6.47. The Morgan fingerprint density at radius 1 is 1.32 bits per heavy atom. The maximum Gasteiger partial charge on any atom is 0.328 e. The lowest BCUT2D eigenvalue weighted by molar-refractivity contribution is -0.140. The average Bonchev–Trinajstić information content (AvgIpc) is 2.83. The Morgan fingerprint density at radius 3 is 2.32 bits per heavy atom. The molecule has 7 nitrogen and oxygen atoms in total. The van der Waals surface area contributed by atoms with Crippen LogP contribution < -0.4 is 10.6 Å². The maximum absolute atomic E-state index is 11.6. The van der Waals surface area contributed by atoms with Gasteiger partial charge in [0, 0.05) is 12.1 Å². The number of hydrogen-bond donors (Lipinski definition) is 4. The van der Waals surface area contributed by atoms with Gasteiger partial charge in [0.25, 0.3) is 0 Å². The normalized spacial score (nSPS) is 19.2. The molecule has 0 aliphatic heterocycles. The molecule has 1 aliphatic carbocycles.